The van der Waals surface area contributed by atoms with E-state index in [1.807, 2.05) is 0 Å². The fourth-order valence-electron chi connectivity index (χ4n) is 4.53. The molecule has 0 aliphatic carbocycles. The lowest BCUT2D eigenvalue weighted by Crippen LogP contribution is -2.49. The summed E-state index contributed by atoms with van der Waals surface area (Å²) in [5.41, 5.74) is 4.69. The lowest BCUT2D eigenvalue weighted by atomic mass is 10.0. The van der Waals surface area contributed by atoms with E-state index < -0.39 is 6.03 Å². The van der Waals surface area contributed by atoms with Crippen molar-refractivity contribution in [3.63, 3.8) is 0 Å². The van der Waals surface area contributed by atoms with Gasteiger partial charge < -0.3 is 9.80 Å². The number of hydrogen-bond donors (Lipinski definition) is 0. The molecule has 4 rings (SSSR count). The molecule has 0 bridgehead atoms. The zero-order valence-corrected chi connectivity index (χ0v) is 19.2. The van der Waals surface area contributed by atoms with Crippen LogP contribution in [-0.4, -0.2) is 66.9 Å². The molecule has 2 aliphatic rings. The first-order valence-electron chi connectivity index (χ1n) is 11.1. The molecule has 0 saturated carbocycles. The molecule has 0 atom stereocenters. The number of anilines is 2. The summed E-state index contributed by atoms with van der Waals surface area (Å²) in [7, 11) is 0. The van der Waals surface area contributed by atoms with Crippen molar-refractivity contribution >= 4 is 29.2 Å². The van der Waals surface area contributed by atoms with Gasteiger partial charge in [0.15, 0.2) is 0 Å². The topological polar surface area (TPSA) is 88.0 Å². The van der Waals surface area contributed by atoms with Crippen LogP contribution in [-0.2, 0) is 4.79 Å². The summed E-state index contributed by atoms with van der Waals surface area (Å²) in [6.07, 6.45) is 0. The maximum Gasteiger partial charge on any atom is 0.331 e. The maximum absolute atomic E-state index is 13.2. The Kier molecular flexibility index (Phi) is 6.05. The molecule has 8 nitrogen and oxygen atoms in total. The third-order valence-corrected chi connectivity index (χ3v) is 6.31. The Morgan fingerprint density at radius 3 is 2.27 bits per heavy atom. The monoisotopic (exact) mass is 445 g/mol. The van der Waals surface area contributed by atoms with Crippen molar-refractivity contribution in [1.82, 2.24) is 9.80 Å². The van der Waals surface area contributed by atoms with Gasteiger partial charge in [-0.25, -0.2) is 4.79 Å². The number of aryl methyl sites for hydroxylation is 2. The van der Waals surface area contributed by atoms with E-state index >= 15 is 0 Å². The standard InChI is InChI=1S/C25H27N5O3/c1-17-4-7-23(18(2)14-17)27-8-10-28(11-9-27)24(32)22-6-5-21(15-20(22)16-26)30-13-12-29(19(3)31)25(30)33/h4-7,14-15H,8-13H2,1-3H3. The summed E-state index contributed by atoms with van der Waals surface area (Å²) in [5, 5.41) is 9.69. The number of carbonyl (C=O) groups excluding carboxylic acids is 3. The van der Waals surface area contributed by atoms with Crippen molar-refractivity contribution < 1.29 is 14.4 Å². The van der Waals surface area contributed by atoms with Crippen LogP contribution in [0.2, 0.25) is 0 Å². The fraction of sp³-hybridized carbons (Fsp3) is 0.360. The van der Waals surface area contributed by atoms with E-state index in [9.17, 15) is 19.6 Å². The molecule has 2 heterocycles. The van der Waals surface area contributed by atoms with Gasteiger partial charge in [-0.1, -0.05) is 17.7 Å². The van der Waals surface area contributed by atoms with Gasteiger partial charge in [-0.05, 0) is 43.7 Å². The fourth-order valence-corrected chi connectivity index (χ4v) is 4.53. The predicted molar refractivity (Wildman–Crippen MR) is 125 cm³/mol. The van der Waals surface area contributed by atoms with Gasteiger partial charge in [-0.2, -0.15) is 5.26 Å². The average Bonchev–Trinajstić information content (AvgIpc) is 3.20. The van der Waals surface area contributed by atoms with Crippen molar-refractivity contribution in [2.75, 3.05) is 49.1 Å². The smallest absolute Gasteiger partial charge is 0.331 e. The molecule has 2 aliphatic heterocycles. The van der Waals surface area contributed by atoms with Gasteiger partial charge in [-0.15, -0.1) is 0 Å². The Morgan fingerprint density at radius 2 is 1.67 bits per heavy atom. The third-order valence-electron chi connectivity index (χ3n) is 6.31. The summed E-state index contributed by atoms with van der Waals surface area (Å²) in [4.78, 5) is 43.9. The van der Waals surface area contributed by atoms with Gasteiger partial charge in [0.25, 0.3) is 5.91 Å². The normalized spacial score (nSPS) is 16.2. The summed E-state index contributed by atoms with van der Waals surface area (Å²) in [5.74, 6) is -0.494. The highest BCUT2D eigenvalue weighted by Crippen LogP contribution is 2.26. The van der Waals surface area contributed by atoms with Crippen LogP contribution >= 0.6 is 0 Å². The van der Waals surface area contributed by atoms with Crippen LogP contribution in [0.25, 0.3) is 0 Å². The molecular formula is C25H27N5O3. The Hall–Kier alpha value is -3.86. The SMILES string of the molecule is CC(=O)N1CCN(c2ccc(C(=O)N3CCN(c4ccc(C)cc4C)CC3)c(C#N)c2)C1=O. The van der Waals surface area contributed by atoms with Crippen molar-refractivity contribution in [3.05, 3.63) is 58.7 Å². The zero-order chi connectivity index (χ0) is 23.7. The second-order valence-corrected chi connectivity index (χ2v) is 8.52. The van der Waals surface area contributed by atoms with Crippen molar-refractivity contribution in [1.29, 1.82) is 5.26 Å². The lowest BCUT2D eigenvalue weighted by molar-refractivity contribution is -0.125. The number of carbonyl (C=O) groups is 3. The maximum atomic E-state index is 13.2. The number of nitrogens with zero attached hydrogens (tertiary/aromatic N) is 5. The predicted octanol–water partition coefficient (Wildman–Crippen LogP) is 2.93. The molecule has 2 fully saturated rings. The number of rotatable bonds is 3. The molecule has 8 heteroatoms. The Bertz CT molecular complexity index is 1160. The highest BCUT2D eigenvalue weighted by Gasteiger charge is 2.33. The molecule has 0 N–H and O–H groups in total. The number of piperazine rings is 1. The van der Waals surface area contributed by atoms with Crippen LogP contribution in [0.1, 0.15) is 34.0 Å². The summed E-state index contributed by atoms with van der Waals surface area (Å²) in [6.45, 7) is 8.76. The average molecular weight is 446 g/mol. The van der Waals surface area contributed by atoms with Gasteiger partial charge >= 0.3 is 6.03 Å². The van der Waals surface area contributed by atoms with E-state index in [1.54, 1.807) is 23.1 Å². The lowest BCUT2D eigenvalue weighted by Gasteiger charge is -2.37. The van der Waals surface area contributed by atoms with Crippen LogP contribution < -0.4 is 9.80 Å². The number of imide groups is 1. The molecule has 0 unspecified atom stereocenters. The van der Waals surface area contributed by atoms with Crippen molar-refractivity contribution in [2.45, 2.75) is 20.8 Å². The van der Waals surface area contributed by atoms with Crippen molar-refractivity contribution in [3.8, 4) is 6.07 Å². The number of nitriles is 1. The number of amides is 4. The summed E-state index contributed by atoms with van der Waals surface area (Å²) >= 11 is 0. The van der Waals surface area contributed by atoms with Gasteiger partial charge in [-0.3, -0.25) is 19.4 Å². The molecule has 2 saturated heterocycles. The third kappa shape index (κ3) is 4.27. The van der Waals surface area contributed by atoms with E-state index in [0.29, 0.717) is 37.4 Å². The summed E-state index contributed by atoms with van der Waals surface area (Å²) in [6, 6.07) is 12.9. The molecule has 170 valence electrons. The minimum atomic E-state index is -0.409. The van der Waals surface area contributed by atoms with Gasteiger partial charge in [0.1, 0.15) is 6.07 Å². The molecule has 2 aromatic rings. The highest BCUT2D eigenvalue weighted by atomic mass is 16.2. The molecule has 0 radical (unpaired) electrons. The summed E-state index contributed by atoms with van der Waals surface area (Å²) < 4.78 is 0. The van der Waals surface area contributed by atoms with Gasteiger partial charge in [0.05, 0.1) is 11.1 Å². The van der Waals surface area contributed by atoms with Crippen LogP contribution in [0.4, 0.5) is 16.2 Å². The quantitative estimate of drug-likeness (QED) is 0.725. The van der Waals surface area contributed by atoms with Gasteiger partial charge in [0.2, 0.25) is 5.91 Å². The number of urea groups is 1. The minimum absolute atomic E-state index is 0.184. The largest absolute Gasteiger partial charge is 0.368 e. The molecule has 0 aromatic heterocycles. The highest BCUT2D eigenvalue weighted by molar-refractivity contribution is 6.04. The van der Waals surface area contributed by atoms with Crippen LogP contribution in [0, 0.1) is 25.2 Å². The van der Waals surface area contributed by atoms with Crippen LogP contribution in [0.15, 0.2) is 36.4 Å². The molecule has 4 amide bonds. The Balaban J connectivity index is 1.47. The van der Waals surface area contributed by atoms with Crippen LogP contribution in [0.3, 0.4) is 0 Å². The first-order chi connectivity index (χ1) is 15.8. The van der Waals surface area contributed by atoms with E-state index in [1.165, 1.54) is 33.5 Å². The molecule has 0 spiro atoms. The second kappa shape index (κ2) is 8.94. The van der Waals surface area contributed by atoms with Crippen molar-refractivity contribution in [2.24, 2.45) is 0 Å². The molecule has 33 heavy (non-hydrogen) atoms. The Labute approximate surface area is 193 Å². The minimum Gasteiger partial charge on any atom is -0.368 e. The zero-order valence-electron chi connectivity index (χ0n) is 19.2. The molecule has 2 aromatic carbocycles. The van der Waals surface area contributed by atoms with E-state index in [4.69, 9.17) is 0 Å². The first kappa shape index (κ1) is 22.3. The first-order valence-corrected chi connectivity index (χ1v) is 11.1. The molecular weight excluding hydrogens is 418 g/mol. The second-order valence-electron chi connectivity index (χ2n) is 8.52. The number of hydrogen-bond acceptors (Lipinski definition) is 5. The Morgan fingerprint density at radius 1 is 0.939 bits per heavy atom. The van der Waals surface area contributed by atoms with Crippen LogP contribution in [0.5, 0.6) is 0 Å². The number of benzene rings is 2. The van der Waals surface area contributed by atoms with E-state index in [2.05, 4.69) is 43.0 Å². The van der Waals surface area contributed by atoms with E-state index in [0.717, 1.165) is 13.1 Å². The van der Waals surface area contributed by atoms with E-state index in [-0.39, 0.29) is 17.4 Å². The van der Waals surface area contributed by atoms with Gasteiger partial charge in [0, 0.05) is 57.6 Å².